The molecule has 2 heterocycles. The number of aryl methyl sites for hydroxylation is 1. The summed E-state index contributed by atoms with van der Waals surface area (Å²) in [4.78, 5) is 23.1. The molecule has 0 saturated carbocycles. The van der Waals surface area contributed by atoms with Gasteiger partial charge in [-0.15, -0.1) is 5.10 Å². The molecule has 1 fully saturated rings. The molecule has 4 aromatic rings. The molecule has 1 aromatic heterocycles. The monoisotopic (exact) mass is 708 g/mol. The van der Waals surface area contributed by atoms with Crippen LogP contribution in [0.3, 0.4) is 0 Å². The van der Waals surface area contributed by atoms with Crippen LogP contribution in [-0.4, -0.2) is 55.5 Å². The van der Waals surface area contributed by atoms with Crippen LogP contribution in [-0.2, 0) is 4.79 Å². The number of rotatable bonds is 8. The lowest BCUT2D eigenvalue weighted by molar-refractivity contribution is -0.360. The van der Waals surface area contributed by atoms with Gasteiger partial charge in [0.1, 0.15) is 12.1 Å². The molecule has 1 N–H and O–H groups in total. The maximum Gasteiger partial charge on any atom is 0.499 e. The Morgan fingerprint density at radius 3 is 2.43 bits per heavy atom. The normalized spacial score (nSPS) is 15.3. The number of benzene rings is 3. The second-order valence-corrected chi connectivity index (χ2v) is 12.3. The quantitative estimate of drug-likeness (QED) is 0.147. The van der Waals surface area contributed by atoms with Gasteiger partial charge in [0.05, 0.1) is 22.2 Å². The third-order valence-electron chi connectivity index (χ3n) is 7.31. The first-order chi connectivity index (χ1) is 22.1. The molecule has 246 valence electrons. The van der Waals surface area contributed by atoms with E-state index in [1.54, 1.807) is 6.07 Å². The van der Waals surface area contributed by atoms with E-state index in [9.17, 15) is 26.7 Å². The minimum atomic E-state index is -5.84. The Morgan fingerprint density at radius 2 is 1.77 bits per heavy atom. The number of amides is 1. The van der Waals surface area contributed by atoms with Crippen LogP contribution in [0.4, 0.5) is 27.6 Å². The van der Waals surface area contributed by atoms with Crippen molar-refractivity contribution in [2.45, 2.75) is 39.0 Å². The molecule has 5 rings (SSSR count). The van der Waals surface area contributed by atoms with Crippen molar-refractivity contribution < 1.29 is 31.5 Å². The van der Waals surface area contributed by atoms with Crippen molar-refractivity contribution in [3.05, 3.63) is 88.7 Å². The maximum atomic E-state index is 13.2. The fourth-order valence-electron chi connectivity index (χ4n) is 4.55. The number of carbonyl (C=O) groups is 1. The van der Waals surface area contributed by atoms with Crippen LogP contribution in [0.2, 0.25) is 5.02 Å². The highest BCUT2D eigenvalue weighted by Crippen LogP contribution is 2.38. The summed E-state index contributed by atoms with van der Waals surface area (Å²) in [7, 11) is 0. The summed E-state index contributed by atoms with van der Waals surface area (Å²) >= 11 is 13.2. The predicted octanol–water partition coefficient (Wildman–Crippen LogP) is 7.85. The number of ether oxygens (including phenoxy) is 1. The first-order valence-corrected chi connectivity index (χ1v) is 15.8. The Morgan fingerprint density at radius 1 is 1.09 bits per heavy atom. The molecule has 47 heavy (non-hydrogen) atoms. The standard InChI is InChI=1S/C31H26ClF5N6O2S2/c1-17-4-13-24(32)26(19(17)3)43-25(44)15-47-29(43)40-28(46)38-14-18(2)20-5-7-21(8-6-20)27-39-16-42(41-27)22-9-11-23(12-10-22)45-31(36,37)30(33,34)35/h4-13,16,18H,14-15H2,1-3H3,(H,38,46). The number of thiocarbonyl (C=S) groups is 1. The number of amidine groups is 1. The fraction of sp³-hybridized carbons (Fsp3) is 0.258. The van der Waals surface area contributed by atoms with Gasteiger partial charge in [0.25, 0.3) is 0 Å². The van der Waals surface area contributed by atoms with Gasteiger partial charge in [-0.25, -0.2) is 9.67 Å². The van der Waals surface area contributed by atoms with Crippen LogP contribution in [0.15, 0.2) is 72.0 Å². The smallest absolute Gasteiger partial charge is 0.426 e. The predicted molar refractivity (Wildman–Crippen MR) is 176 cm³/mol. The molecule has 1 amide bonds. The number of aromatic nitrogens is 3. The van der Waals surface area contributed by atoms with Gasteiger partial charge in [-0.2, -0.15) is 26.9 Å². The van der Waals surface area contributed by atoms with Gasteiger partial charge >= 0.3 is 12.3 Å². The molecule has 1 atom stereocenters. The summed E-state index contributed by atoms with van der Waals surface area (Å²) in [5.41, 5.74) is 4.57. The number of nitrogens with zero attached hydrogens (tertiary/aromatic N) is 5. The van der Waals surface area contributed by atoms with Crippen LogP contribution in [0, 0.1) is 13.8 Å². The molecule has 1 aliphatic heterocycles. The molecule has 1 saturated heterocycles. The molecular formula is C31H26ClF5N6O2S2. The number of hydrogen-bond acceptors (Lipinski definition) is 6. The largest absolute Gasteiger partial charge is 0.499 e. The highest BCUT2D eigenvalue weighted by Gasteiger charge is 2.61. The molecule has 0 spiro atoms. The Labute approximate surface area is 281 Å². The van der Waals surface area contributed by atoms with Crippen LogP contribution < -0.4 is 15.0 Å². The zero-order valence-corrected chi connectivity index (χ0v) is 27.4. The average molecular weight is 709 g/mol. The van der Waals surface area contributed by atoms with E-state index in [4.69, 9.17) is 23.8 Å². The summed E-state index contributed by atoms with van der Waals surface area (Å²) in [6.45, 7) is 6.34. The average Bonchev–Trinajstić information content (AvgIpc) is 3.65. The number of aliphatic imine (C=N–C) groups is 1. The van der Waals surface area contributed by atoms with E-state index < -0.39 is 18.0 Å². The van der Waals surface area contributed by atoms with Gasteiger partial charge in [-0.1, -0.05) is 60.6 Å². The van der Waals surface area contributed by atoms with E-state index in [1.165, 1.54) is 39.8 Å². The molecule has 3 aromatic carbocycles. The van der Waals surface area contributed by atoms with Gasteiger partial charge < -0.3 is 10.1 Å². The molecular weight excluding hydrogens is 683 g/mol. The second kappa shape index (κ2) is 13.6. The topological polar surface area (TPSA) is 84.6 Å². The van der Waals surface area contributed by atoms with Gasteiger partial charge in [0, 0.05) is 12.1 Å². The molecule has 16 heteroatoms. The van der Waals surface area contributed by atoms with Crippen LogP contribution in [0.25, 0.3) is 17.1 Å². The number of thioether (sulfide) groups is 1. The SMILES string of the molecule is Cc1ccc(Cl)c(N2C(=O)CSC2=NC(=S)NCC(C)c2ccc(-c3ncn(-c4ccc(OC(F)(F)C(F)(F)F)cc4)n3)cc2)c1C. The summed E-state index contributed by atoms with van der Waals surface area (Å²) in [6.07, 6.45) is -9.76. The van der Waals surface area contributed by atoms with Gasteiger partial charge in [-0.05, 0) is 79.0 Å². The van der Waals surface area contributed by atoms with Crippen molar-refractivity contribution in [2.75, 3.05) is 17.2 Å². The van der Waals surface area contributed by atoms with Crippen molar-refractivity contribution in [3.63, 3.8) is 0 Å². The number of alkyl halides is 5. The van der Waals surface area contributed by atoms with Crippen molar-refractivity contribution in [1.29, 1.82) is 0 Å². The first-order valence-electron chi connectivity index (χ1n) is 14.0. The number of hydrogen-bond donors (Lipinski definition) is 1. The minimum Gasteiger partial charge on any atom is -0.426 e. The van der Waals surface area contributed by atoms with Gasteiger partial charge in [0.2, 0.25) is 5.91 Å². The minimum absolute atomic E-state index is 0.0283. The number of halogens is 6. The van der Waals surface area contributed by atoms with E-state index in [2.05, 4.69) is 25.1 Å². The second-order valence-electron chi connectivity index (χ2n) is 10.6. The summed E-state index contributed by atoms with van der Waals surface area (Å²) in [5, 5.41) is 8.68. The lowest BCUT2D eigenvalue weighted by Crippen LogP contribution is -2.41. The highest BCUT2D eigenvalue weighted by molar-refractivity contribution is 8.15. The molecule has 1 aliphatic rings. The lowest BCUT2D eigenvalue weighted by Gasteiger charge is -2.21. The highest BCUT2D eigenvalue weighted by atomic mass is 35.5. The fourth-order valence-corrected chi connectivity index (χ4v) is 5.92. The van der Waals surface area contributed by atoms with Crippen molar-refractivity contribution in [1.82, 2.24) is 20.1 Å². The Bertz CT molecular complexity index is 1830. The summed E-state index contributed by atoms with van der Waals surface area (Å²) in [6, 6.07) is 15.7. The lowest BCUT2D eigenvalue weighted by atomic mass is 10.00. The van der Waals surface area contributed by atoms with E-state index in [0.717, 1.165) is 28.8 Å². The zero-order valence-electron chi connectivity index (χ0n) is 25.0. The molecule has 8 nitrogen and oxygen atoms in total. The van der Waals surface area contributed by atoms with E-state index in [-0.39, 0.29) is 22.7 Å². The number of carbonyl (C=O) groups excluding carboxylic acids is 1. The first kappa shape index (κ1) is 34.3. The number of nitrogens with one attached hydrogen (secondary N) is 1. The van der Waals surface area contributed by atoms with Crippen LogP contribution >= 0.6 is 35.6 Å². The molecule has 0 aliphatic carbocycles. The Hall–Kier alpha value is -4.08. The summed E-state index contributed by atoms with van der Waals surface area (Å²) < 4.78 is 68.7. The van der Waals surface area contributed by atoms with Crippen molar-refractivity contribution >= 4 is 57.5 Å². The van der Waals surface area contributed by atoms with Gasteiger partial charge in [-0.3, -0.25) is 9.69 Å². The van der Waals surface area contributed by atoms with Gasteiger partial charge in [0.15, 0.2) is 16.1 Å². The Balaban J connectivity index is 1.20. The van der Waals surface area contributed by atoms with E-state index in [1.807, 2.05) is 51.1 Å². The zero-order chi connectivity index (χ0) is 34.1. The molecule has 1 unspecified atom stereocenters. The van der Waals surface area contributed by atoms with Crippen molar-refractivity contribution in [3.8, 4) is 22.8 Å². The maximum absolute atomic E-state index is 13.2. The third kappa shape index (κ3) is 7.57. The Kier molecular flexibility index (Phi) is 9.89. The van der Waals surface area contributed by atoms with E-state index >= 15 is 0 Å². The van der Waals surface area contributed by atoms with Crippen LogP contribution in [0.5, 0.6) is 5.75 Å². The number of anilines is 1. The van der Waals surface area contributed by atoms with Crippen LogP contribution in [0.1, 0.15) is 29.5 Å². The molecule has 0 radical (unpaired) electrons. The summed E-state index contributed by atoms with van der Waals surface area (Å²) in [5.74, 6) is -0.143. The third-order valence-corrected chi connectivity index (χ3v) is 8.77. The van der Waals surface area contributed by atoms with Crippen molar-refractivity contribution in [2.24, 2.45) is 4.99 Å². The van der Waals surface area contributed by atoms with E-state index in [0.29, 0.717) is 39.5 Å². The molecule has 0 bridgehead atoms.